The SMILES string of the molecule is CC[C@H](C)C(=O)O[C@@H](C)[C@]1(O)CC[C@]2(O)[C@@H]3CC[C@H]4C[C@@H](O[C@H]5C[C@H](OC)[C@H](O[C@H]6C[C@@H](OC)[C@H](O[C@@H]7O[C@H](C)[C@@H](O[C@@H]8O[C@H](CO)[C@@H](O[C@@H]9O[C@H](CO)[C@@H](O)[C@H](O)[C@H]9O)[C@H](O)[C@H]8O)[C@H](OC)[C@H]7O)[C@@H](C)O6)[C@@H](C)O5)CC[C@]4(C)[C@H]3C[C@@H](OC(C)=O)[C@]12C. The molecule has 0 spiro atoms. The van der Waals surface area contributed by atoms with Crippen molar-refractivity contribution in [2.75, 3.05) is 34.5 Å². The van der Waals surface area contributed by atoms with Crippen LogP contribution in [0.1, 0.15) is 133 Å². The molecule has 27 nitrogen and oxygen atoms in total. The number of methoxy groups -OCH3 is 3. The summed E-state index contributed by atoms with van der Waals surface area (Å²) >= 11 is 0. The lowest BCUT2D eigenvalue weighted by molar-refractivity contribution is -0.385. The van der Waals surface area contributed by atoms with Gasteiger partial charge >= 0.3 is 11.9 Å². The fourth-order valence-corrected chi connectivity index (χ4v) is 16.9. The van der Waals surface area contributed by atoms with Crippen LogP contribution in [-0.4, -0.2) is 268 Å². The molecule has 4 saturated carbocycles. The molecule has 0 amide bonds. The van der Waals surface area contributed by atoms with Crippen molar-refractivity contribution >= 4 is 11.9 Å². The third-order valence-electron chi connectivity index (χ3n) is 22.4. The first-order valence-electron chi connectivity index (χ1n) is 31.8. The van der Waals surface area contributed by atoms with E-state index in [9.17, 15) is 60.7 Å². The van der Waals surface area contributed by atoms with E-state index in [1.165, 1.54) is 21.1 Å². The van der Waals surface area contributed by atoms with Gasteiger partial charge in [0.1, 0.15) is 97.2 Å². The minimum Gasteiger partial charge on any atom is -0.462 e. The van der Waals surface area contributed by atoms with Gasteiger partial charge in [-0.3, -0.25) is 9.59 Å². The van der Waals surface area contributed by atoms with Crippen LogP contribution in [0, 0.1) is 34.5 Å². The maximum atomic E-state index is 13.1. The van der Waals surface area contributed by atoms with E-state index < -0.39 is 195 Å². The Morgan fingerprint density at radius 3 is 1.72 bits per heavy atom. The summed E-state index contributed by atoms with van der Waals surface area (Å²) < 4.78 is 92.1. The Kier molecular flexibility index (Phi) is 22.5. The molecule has 34 atom stereocenters. The average Bonchev–Trinajstić information content (AvgIpc) is 1.40. The first-order chi connectivity index (χ1) is 41.6. The lowest BCUT2D eigenvalue weighted by atomic mass is 9.42. The van der Waals surface area contributed by atoms with Gasteiger partial charge in [0.15, 0.2) is 31.5 Å². The van der Waals surface area contributed by atoms with Crippen molar-refractivity contribution in [2.45, 2.75) is 304 Å². The van der Waals surface area contributed by atoms with Gasteiger partial charge in [0.05, 0.1) is 66.8 Å². The molecule has 0 bridgehead atoms. The Balaban J connectivity index is 0.774. The Morgan fingerprint density at radius 2 is 1.12 bits per heavy atom. The van der Waals surface area contributed by atoms with Gasteiger partial charge in [-0.15, -0.1) is 0 Å². The van der Waals surface area contributed by atoms with Crippen molar-refractivity contribution < 1.29 is 132 Å². The molecule has 88 heavy (non-hydrogen) atoms. The molecule has 0 radical (unpaired) electrons. The lowest BCUT2D eigenvalue weighted by Crippen LogP contribution is -2.72. The van der Waals surface area contributed by atoms with Crippen molar-refractivity contribution in [3.63, 3.8) is 0 Å². The summed E-state index contributed by atoms with van der Waals surface area (Å²) in [6.07, 6.45) is -23.9. The molecule has 9 rings (SSSR count). The highest BCUT2D eigenvalue weighted by Crippen LogP contribution is 2.71. The van der Waals surface area contributed by atoms with Crippen LogP contribution >= 0.6 is 0 Å². The highest BCUT2D eigenvalue weighted by molar-refractivity contribution is 5.72. The minimum absolute atomic E-state index is 0.0210. The van der Waals surface area contributed by atoms with Crippen LogP contribution in [-0.2, 0) is 80.6 Å². The quantitative estimate of drug-likeness (QED) is 0.0566. The smallest absolute Gasteiger partial charge is 0.309 e. The van der Waals surface area contributed by atoms with E-state index in [2.05, 4.69) is 6.92 Å². The number of rotatable bonds is 20. The molecular weight excluding hydrogens is 1160 g/mol. The third-order valence-corrected chi connectivity index (χ3v) is 22.4. The topological polar surface area (TPSA) is 375 Å². The zero-order chi connectivity index (χ0) is 64.3. The lowest BCUT2D eigenvalue weighted by Gasteiger charge is -2.66. The predicted octanol–water partition coefficient (Wildman–Crippen LogP) is -0.0201. The van der Waals surface area contributed by atoms with Gasteiger partial charge in [-0.25, -0.2) is 0 Å². The molecule has 508 valence electrons. The molecule has 10 N–H and O–H groups in total. The number of aliphatic hydroxyl groups excluding tert-OH is 8. The highest BCUT2D eigenvalue weighted by atomic mass is 16.8. The monoisotopic (exact) mass is 1270 g/mol. The molecule has 27 heteroatoms. The number of esters is 2. The van der Waals surface area contributed by atoms with E-state index in [0.717, 1.165) is 25.7 Å². The molecule has 5 saturated heterocycles. The summed E-state index contributed by atoms with van der Waals surface area (Å²) in [4.78, 5) is 25.9. The zero-order valence-corrected chi connectivity index (χ0v) is 52.9. The molecule has 0 aromatic carbocycles. The van der Waals surface area contributed by atoms with Crippen LogP contribution in [0.15, 0.2) is 0 Å². The van der Waals surface area contributed by atoms with Gasteiger partial charge in [0.2, 0.25) is 0 Å². The second-order valence-corrected chi connectivity index (χ2v) is 27.1. The molecule has 0 aromatic rings. The number of ether oxygens (including phenoxy) is 15. The molecule has 9 fully saturated rings. The van der Waals surface area contributed by atoms with Crippen molar-refractivity contribution in [3.8, 4) is 0 Å². The largest absolute Gasteiger partial charge is 0.462 e. The van der Waals surface area contributed by atoms with E-state index in [4.69, 9.17) is 71.1 Å². The van der Waals surface area contributed by atoms with Gasteiger partial charge in [-0.1, -0.05) is 27.7 Å². The molecule has 9 aliphatic rings. The Labute approximate surface area is 515 Å². The fraction of sp³-hybridized carbons (Fsp3) is 0.967. The maximum Gasteiger partial charge on any atom is 0.309 e. The van der Waals surface area contributed by atoms with E-state index in [1.54, 1.807) is 34.8 Å². The minimum atomic E-state index is -1.86. The number of hydrogen-bond acceptors (Lipinski definition) is 27. The molecule has 5 aliphatic heterocycles. The number of aliphatic hydroxyl groups is 10. The number of carbonyl (C=O) groups is 2. The van der Waals surface area contributed by atoms with E-state index in [1.807, 2.05) is 20.8 Å². The summed E-state index contributed by atoms with van der Waals surface area (Å²) in [5.74, 6) is -1.25. The highest BCUT2D eigenvalue weighted by Gasteiger charge is 2.77. The standard InChI is InChI=1S/C61H102O27/c1-13-26(2)54(71)80-30(6)60(72)18-19-61(73)34-15-14-32-20-33(16-17-58(32,8)35(34)21-40(59(60,61)9)81-31(7)64)82-41-22-36(74-10)49(27(3)77-41)85-42-23-37(75-11)50(28(4)78-42)86-57-48(70)53(76-12)51(29(5)79-57)87-56-47(69)45(67)52(39(25-63)84-56)88-55-46(68)44(66)43(65)38(24-62)83-55/h26-30,32-53,55-57,62-63,65-70,72-73H,13-25H2,1-12H3/t26-,27+,28+,29+,30-,32-,33-,34+,35-,36-,37+,38+,39+,40+,41-,42-,43+,44-,45+,46+,47+,48+,49+,50+,51+,52+,53+,55-,56-,57-,58-,59+,60+,61-/m0/s1. The number of fused-ring (bicyclic) bond motifs is 5. The molecule has 4 aliphatic carbocycles. The Hall–Kier alpha value is -1.98. The van der Waals surface area contributed by atoms with E-state index in [-0.39, 0.29) is 54.5 Å². The second-order valence-electron chi connectivity index (χ2n) is 27.1. The van der Waals surface area contributed by atoms with Gasteiger partial charge in [-0.05, 0) is 109 Å². The molecule has 0 aromatic heterocycles. The summed E-state index contributed by atoms with van der Waals surface area (Å²) in [5.41, 5.74) is -4.58. The average molecular weight is 1270 g/mol. The normalized spacial score (nSPS) is 51.3. The first-order valence-corrected chi connectivity index (χ1v) is 31.8. The van der Waals surface area contributed by atoms with Gasteiger partial charge in [-0.2, -0.15) is 0 Å². The number of carbonyl (C=O) groups excluding carboxylic acids is 2. The van der Waals surface area contributed by atoms with Crippen LogP contribution in [0.25, 0.3) is 0 Å². The zero-order valence-electron chi connectivity index (χ0n) is 52.9. The van der Waals surface area contributed by atoms with Crippen molar-refractivity contribution in [1.29, 1.82) is 0 Å². The van der Waals surface area contributed by atoms with Crippen LogP contribution in [0.2, 0.25) is 0 Å². The predicted molar refractivity (Wildman–Crippen MR) is 301 cm³/mol. The van der Waals surface area contributed by atoms with Crippen LogP contribution < -0.4 is 0 Å². The summed E-state index contributed by atoms with van der Waals surface area (Å²) in [7, 11) is 4.46. The van der Waals surface area contributed by atoms with Crippen molar-refractivity contribution in [1.82, 2.24) is 0 Å². The maximum absolute atomic E-state index is 13.1. The molecular formula is C61H102O27. The fourth-order valence-electron chi connectivity index (χ4n) is 16.9. The van der Waals surface area contributed by atoms with Crippen molar-refractivity contribution in [2.24, 2.45) is 34.5 Å². The van der Waals surface area contributed by atoms with Gasteiger partial charge in [0, 0.05) is 41.1 Å². The van der Waals surface area contributed by atoms with Crippen molar-refractivity contribution in [3.05, 3.63) is 0 Å². The first kappa shape index (κ1) is 70.3. The third kappa shape index (κ3) is 12.9. The van der Waals surface area contributed by atoms with Crippen LogP contribution in [0.5, 0.6) is 0 Å². The van der Waals surface area contributed by atoms with Gasteiger partial charge < -0.3 is 122 Å². The second kappa shape index (κ2) is 28.1. The van der Waals surface area contributed by atoms with E-state index in [0.29, 0.717) is 25.7 Å². The molecule has 0 unspecified atom stereocenters. The van der Waals surface area contributed by atoms with Crippen LogP contribution in [0.4, 0.5) is 0 Å². The Morgan fingerprint density at radius 1 is 0.568 bits per heavy atom. The van der Waals surface area contributed by atoms with Crippen LogP contribution in [0.3, 0.4) is 0 Å². The van der Waals surface area contributed by atoms with E-state index >= 15 is 0 Å². The summed E-state index contributed by atoms with van der Waals surface area (Å²) in [6, 6.07) is 0. The Bertz CT molecular complexity index is 2300. The molecule has 5 heterocycles. The number of hydrogen-bond donors (Lipinski definition) is 10. The summed E-state index contributed by atoms with van der Waals surface area (Å²) in [5, 5.41) is 111. The van der Waals surface area contributed by atoms with Gasteiger partial charge in [0.25, 0.3) is 0 Å². The summed E-state index contributed by atoms with van der Waals surface area (Å²) in [6.45, 7) is 14.6.